The van der Waals surface area contributed by atoms with Crippen molar-refractivity contribution in [1.82, 2.24) is 15.5 Å². The highest BCUT2D eigenvalue weighted by Gasteiger charge is 2.08. The molecule has 0 atom stereocenters. The maximum absolute atomic E-state index is 12.0. The Hall–Kier alpha value is -3.02. The Morgan fingerprint density at radius 2 is 1.89 bits per heavy atom. The fraction of sp³-hybridized carbons (Fsp3) is 0.333. The van der Waals surface area contributed by atoms with Gasteiger partial charge in [0.1, 0.15) is 12.4 Å². The highest BCUT2D eigenvalue weighted by Crippen LogP contribution is 2.08. The number of likely N-dealkylation sites (N-methyl/N-ethyl adjacent to an activating group) is 1. The lowest BCUT2D eigenvalue weighted by atomic mass is 10.1. The van der Waals surface area contributed by atoms with Crippen LogP contribution in [0.15, 0.2) is 59.6 Å². The Labute approximate surface area is 161 Å². The van der Waals surface area contributed by atoms with Crippen molar-refractivity contribution < 1.29 is 9.53 Å². The molecule has 2 aromatic rings. The number of nitrogens with zero attached hydrogens (tertiary/aromatic N) is 2. The van der Waals surface area contributed by atoms with E-state index in [1.54, 1.807) is 7.05 Å². The van der Waals surface area contributed by atoms with Crippen molar-refractivity contribution in [2.24, 2.45) is 4.99 Å². The highest BCUT2D eigenvalue weighted by atomic mass is 16.5. The van der Waals surface area contributed by atoms with Crippen molar-refractivity contribution in [2.75, 3.05) is 33.8 Å². The van der Waals surface area contributed by atoms with E-state index in [0.717, 1.165) is 17.3 Å². The molecule has 0 bridgehead atoms. The number of nitrogens with one attached hydrogen (secondary N) is 2. The lowest BCUT2D eigenvalue weighted by Crippen LogP contribution is -2.40. The molecule has 0 aromatic heterocycles. The minimum Gasteiger partial charge on any atom is -0.492 e. The monoisotopic (exact) mass is 368 g/mol. The average molecular weight is 368 g/mol. The number of hydrogen-bond acceptors (Lipinski definition) is 3. The molecule has 0 unspecified atom stereocenters. The Bertz CT molecular complexity index is 747. The molecule has 0 saturated carbocycles. The standard InChI is InChI=1S/C21H28N4O2/c1-4-23-20(26)18-10-8-9-17(15-18)16-24-21(22-2)25(3)13-14-27-19-11-6-5-7-12-19/h5-12,15H,4,13-14,16H2,1-3H3,(H,22,24)(H,23,26). The van der Waals surface area contributed by atoms with E-state index in [4.69, 9.17) is 4.74 Å². The fourth-order valence-electron chi connectivity index (χ4n) is 2.57. The van der Waals surface area contributed by atoms with Gasteiger partial charge in [-0.05, 0) is 36.8 Å². The second kappa shape index (κ2) is 10.9. The van der Waals surface area contributed by atoms with Crippen molar-refractivity contribution in [3.8, 4) is 5.75 Å². The van der Waals surface area contributed by atoms with Crippen LogP contribution in [-0.2, 0) is 6.54 Å². The summed E-state index contributed by atoms with van der Waals surface area (Å²) in [5, 5.41) is 6.14. The molecule has 2 rings (SSSR count). The van der Waals surface area contributed by atoms with E-state index in [1.807, 2.05) is 73.5 Å². The van der Waals surface area contributed by atoms with E-state index in [2.05, 4.69) is 15.6 Å². The molecule has 0 aliphatic carbocycles. The molecule has 27 heavy (non-hydrogen) atoms. The van der Waals surface area contributed by atoms with Gasteiger partial charge < -0.3 is 20.3 Å². The molecule has 6 nitrogen and oxygen atoms in total. The third-order valence-corrected chi connectivity index (χ3v) is 3.99. The van der Waals surface area contributed by atoms with Gasteiger partial charge in [0.25, 0.3) is 5.91 Å². The Morgan fingerprint density at radius 1 is 1.11 bits per heavy atom. The van der Waals surface area contributed by atoms with Crippen LogP contribution in [0.5, 0.6) is 5.75 Å². The molecule has 144 valence electrons. The van der Waals surface area contributed by atoms with Gasteiger partial charge >= 0.3 is 0 Å². The summed E-state index contributed by atoms with van der Waals surface area (Å²) < 4.78 is 5.73. The lowest BCUT2D eigenvalue weighted by Gasteiger charge is -2.22. The molecule has 1 amide bonds. The second-order valence-electron chi connectivity index (χ2n) is 6.04. The van der Waals surface area contributed by atoms with Crippen LogP contribution in [0.2, 0.25) is 0 Å². The third-order valence-electron chi connectivity index (χ3n) is 3.99. The molecule has 2 N–H and O–H groups in total. The van der Waals surface area contributed by atoms with Gasteiger partial charge in [-0.25, -0.2) is 0 Å². The van der Waals surface area contributed by atoms with Crippen molar-refractivity contribution in [1.29, 1.82) is 0 Å². The molecule has 0 aliphatic rings. The maximum Gasteiger partial charge on any atom is 0.251 e. The van der Waals surface area contributed by atoms with Gasteiger partial charge in [0, 0.05) is 32.7 Å². The summed E-state index contributed by atoms with van der Waals surface area (Å²) in [6.45, 7) is 4.37. The second-order valence-corrected chi connectivity index (χ2v) is 6.04. The lowest BCUT2D eigenvalue weighted by molar-refractivity contribution is 0.0955. The zero-order valence-electron chi connectivity index (χ0n) is 16.2. The quantitative estimate of drug-likeness (QED) is 0.555. The Balaban J connectivity index is 1.84. The number of carbonyl (C=O) groups excluding carboxylic acids is 1. The number of rotatable bonds is 8. The predicted molar refractivity (Wildman–Crippen MR) is 109 cm³/mol. The maximum atomic E-state index is 12.0. The SMILES string of the molecule is CCNC(=O)c1cccc(CNC(=NC)N(C)CCOc2ccccc2)c1. The first kappa shape index (κ1) is 20.3. The molecule has 0 saturated heterocycles. The summed E-state index contributed by atoms with van der Waals surface area (Å²) in [4.78, 5) is 18.3. The summed E-state index contributed by atoms with van der Waals surface area (Å²) in [6.07, 6.45) is 0. The first-order valence-corrected chi connectivity index (χ1v) is 9.10. The van der Waals surface area contributed by atoms with Crippen LogP contribution >= 0.6 is 0 Å². The van der Waals surface area contributed by atoms with Gasteiger partial charge in [-0.3, -0.25) is 9.79 Å². The van der Waals surface area contributed by atoms with E-state index in [1.165, 1.54) is 0 Å². The molecule has 0 radical (unpaired) electrons. The van der Waals surface area contributed by atoms with Crippen LogP contribution in [0, 0.1) is 0 Å². The molecular weight excluding hydrogens is 340 g/mol. The van der Waals surface area contributed by atoms with Gasteiger partial charge in [-0.15, -0.1) is 0 Å². The number of carbonyl (C=O) groups is 1. The minimum absolute atomic E-state index is 0.0566. The van der Waals surface area contributed by atoms with E-state index < -0.39 is 0 Å². The summed E-state index contributed by atoms with van der Waals surface area (Å²) >= 11 is 0. The van der Waals surface area contributed by atoms with E-state index in [9.17, 15) is 4.79 Å². The zero-order valence-corrected chi connectivity index (χ0v) is 16.2. The van der Waals surface area contributed by atoms with Crippen LogP contribution in [0.4, 0.5) is 0 Å². The number of para-hydroxylation sites is 1. The number of benzene rings is 2. The van der Waals surface area contributed by atoms with Crippen molar-refractivity contribution in [2.45, 2.75) is 13.5 Å². The largest absolute Gasteiger partial charge is 0.492 e. The minimum atomic E-state index is -0.0566. The van der Waals surface area contributed by atoms with E-state index in [-0.39, 0.29) is 5.91 Å². The van der Waals surface area contributed by atoms with Crippen molar-refractivity contribution >= 4 is 11.9 Å². The fourth-order valence-corrected chi connectivity index (χ4v) is 2.57. The molecule has 0 aliphatic heterocycles. The van der Waals surface area contributed by atoms with Gasteiger partial charge in [0.05, 0.1) is 6.54 Å². The van der Waals surface area contributed by atoms with Crippen molar-refractivity contribution in [3.63, 3.8) is 0 Å². The Kier molecular flexibility index (Phi) is 8.16. The van der Waals surface area contributed by atoms with E-state index in [0.29, 0.717) is 31.8 Å². The summed E-state index contributed by atoms with van der Waals surface area (Å²) in [7, 11) is 3.72. The highest BCUT2D eigenvalue weighted by molar-refractivity contribution is 5.94. The zero-order chi connectivity index (χ0) is 19.5. The van der Waals surface area contributed by atoms with Crippen LogP contribution in [0.25, 0.3) is 0 Å². The normalized spacial score (nSPS) is 11.0. The van der Waals surface area contributed by atoms with Gasteiger partial charge in [0.2, 0.25) is 0 Å². The van der Waals surface area contributed by atoms with Gasteiger partial charge in [-0.2, -0.15) is 0 Å². The summed E-state index contributed by atoms with van der Waals surface area (Å²) in [5.74, 6) is 1.57. The number of aliphatic imine (C=N–C) groups is 1. The molecule has 2 aromatic carbocycles. The van der Waals surface area contributed by atoms with Crippen molar-refractivity contribution in [3.05, 3.63) is 65.7 Å². The molecule has 0 fully saturated rings. The van der Waals surface area contributed by atoms with Crippen LogP contribution < -0.4 is 15.4 Å². The predicted octanol–water partition coefficient (Wildman–Crippen LogP) is 2.52. The summed E-state index contributed by atoms with van der Waals surface area (Å²) in [6, 6.07) is 17.3. The first-order valence-electron chi connectivity index (χ1n) is 9.10. The number of ether oxygens (including phenoxy) is 1. The van der Waals surface area contributed by atoms with Gasteiger partial charge in [0.15, 0.2) is 5.96 Å². The number of hydrogen-bond donors (Lipinski definition) is 2. The van der Waals surface area contributed by atoms with Crippen LogP contribution in [0.1, 0.15) is 22.8 Å². The van der Waals surface area contributed by atoms with E-state index >= 15 is 0 Å². The number of amides is 1. The topological polar surface area (TPSA) is 66.0 Å². The smallest absolute Gasteiger partial charge is 0.251 e. The summed E-state index contributed by atoms with van der Waals surface area (Å²) in [5.41, 5.74) is 1.68. The van der Waals surface area contributed by atoms with Crippen LogP contribution in [0.3, 0.4) is 0 Å². The number of guanidine groups is 1. The molecular formula is C21H28N4O2. The average Bonchev–Trinajstić information content (AvgIpc) is 2.69. The molecule has 6 heteroatoms. The molecule has 0 heterocycles. The Morgan fingerprint density at radius 3 is 2.59 bits per heavy atom. The van der Waals surface area contributed by atoms with Crippen LogP contribution in [-0.4, -0.2) is 50.6 Å². The third kappa shape index (κ3) is 6.66. The first-order chi connectivity index (χ1) is 13.1. The van der Waals surface area contributed by atoms with Gasteiger partial charge in [-0.1, -0.05) is 30.3 Å². The molecule has 0 spiro atoms.